The normalized spacial score (nSPS) is 11.0. The van der Waals surface area contributed by atoms with Crippen LogP contribution in [-0.2, 0) is 10.0 Å². The first-order valence-corrected chi connectivity index (χ1v) is 5.68. The lowest BCUT2D eigenvalue weighted by Gasteiger charge is -2.04. The summed E-state index contributed by atoms with van der Waals surface area (Å²) in [6.45, 7) is 1.82. The van der Waals surface area contributed by atoms with Crippen molar-refractivity contribution in [3.8, 4) is 6.07 Å². The molecule has 0 fully saturated rings. The van der Waals surface area contributed by atoms with Crippen LogP contribution in [0.15, 0.2) is 23.1 Å². The Kier molecular flexibility index (Phi) is 3.39. The van der Waals surface area contributed by atoms with Crippen LogP contribution < -0.4 is 4.72 Å². The molecule has 0 aliphatic carbocycles. The van der Waals surface area contributed by atoms with Crippen LogP contribution in [0.3, 0.4) is 0 Å². The van der Waals surface area contributed by atoms with Crippen LogP contribution in [0.2, 0.25) is 0 Å². The monoisotopic (exact) mass is 228 g/mol. The Bertz CT molecular complexity index is 505. The molecule has 1 rings (SSSR count). The Labute approximate surface area is 87.4 Å². The van der Waals surface area contributed by atoms with Gasteiger partial charge in [-0.2, -0.15) is 5.26 Å². The van der Waals surface area contributed by atoms with Gasteiger partial charge >= 0.3 is 0 Å². The van der Waals surface area contributed by atoms with E-state index in [-0.39, 0.29) is 17.0 Å². The van der Waals surface area contributed by atoms with Crippen molar-refractivity contribution < 1.29 is 12.8 Å². The molecule has 0 bridgehead atoms. The van der Waals surface area contributed by atoms with Crippen LogP contribution in [0.4, 0.5) is 4.39 Å². The van der Waals surface area contributed by atoms with Gasteiger partial charge in [-0.15, -0.1) is 0 Å². The quantitative estimate of drug-likeness (QED) is 0.838. The number of benzene rings is 1. The lowest BCUT2D eigenvalue weighted by Crippen LogP contribution is -2.23. The molecule has 0 saturated heterocycles. The molecule has 4 nitrogen and oxygen atoms in total. The van der Waals surface area contributed by atoms with Crippen molar-refractivity contribution in [2.24, 2.45) is 0 Å². The van der Waals surface area contributed by atoms with E-state index in [9.17, 15) is 12.8 Å². The van der Waals surface area contributed by atoms with Crippen molar-refractivity contribution in [1.82, 2.24) is 4.72 Å². The zero-order valence-corrected chi connectivity index (χ0v) is 8.81. The second-order valence-electron chi connectivity index (χ2n) is 2.79. The molecule has 0 aliphatic heterocycles. The Balaban J connectivity index is 3.28. The predicted molar refractivity (Wildman–Crippen MR) is 52.0 cm³/mol. The van der Waals surface area contributed by atoms with Gasteiger partial charge in [-0.3, -0.25) is 0 Å². The molecule has 0 saturated carbocycles. The predicted octanol–water partition coefficient (Wildman–Crippen LogP) is 0.996. The fourth-order valence-electron chi connectivity index (χ4n) is 1.06. The Hall–Kier alpha value is -1.45. The third-order valence-electron chi connectivity index (χ3n) is 1.65. The van der Waals surface area contributed by atoms with Crippen molar-refractivity contribution in [2.45, 2.75) is 11.8 Å². The lowest BCUT2D eigenvalue weighted by atomic mass is 10.2. The van der Waals surface area contributed by atoms with Gasteiger partial charge < -0.3 is 0 Å². The van der Waals surface area contributed by atoms with Gasteiger partial charge in [-0.05, 0) is 18.2 Å². The van der Waals surface area contributed by atoms with E-state index in [1.807, 2.05) is 0 Å². The van der Waals surface area contributed by atoms with E-state index in [0.29, 0.717) is 0 Å². The highest BCUT2D eigenvalue weighted by molar-refractivity contribution is 7.89. The Morgan fingerprint density at radius 2 is 2.13 bits per heavy atom. The van der Waals surface area contributed by atoms with E-state index in [1.54, 1.807) is 13.0 Å². The van der Waals surface area contributed by atoms with Crippen LogP contribution in [0.1, 0.15) is 12.5 Å². The minimum atomic E-state index is -3.71. The van der Waals surface area contributed by atoms with Crippen molar-refractivity contribution in [3.63, 3.8) is 0 Å². The molecule has 0 radical (unpaired) electrons. The first-order chi connectivity index (χ1) is 6.99. The number of sulfonamides is 1. The highest BCUT2D eigenvalue weighted by Gasteiger charge is 2.14. The van der Waals surface area contributed by atoms with Crippen molar-refractivity contribution in [3.05, 3.63) is 29.6 Å². The molecule has 1 aromatic rings. The van der Waals surface area contributed by atoms with Crippen LogP contribution in [0, 0.1) is 17.1 Å². The van der Waals surface area contributed by atoms with E-state index >= 15 is 0 Å². The van der Waals surface area contributed by atoms with E-state index in [0.717, 1.165) is 18.2 Å². The van der Waals surface area contributed by atoms with Gasteiger partial charge in [0.15, 0.2) is 0 Å². The minimum absolute atomic E-state index is 0.0218. The molecular formula is C9H9FN2O2S. The van der Waals surface area contributed by atoms with E-state index in [1.165, 1.54) is 0 Å². The van der Waals surface area contributed by atoms with E-state index in [2.05, 4.69) is 4.72 Å². The maximum absolute atomic E-state index is 12.9. The zero-order valence-electron chi connectivity index (χ0n) is 7.99. The van der Waals surface area contributed by atoms with Gasteiger partial charge in [0.05, 0.1) is 16.5 Å². The Morgan fingerprint density at radius 1 is 1.47 bits per heavy atom. The zero-order chi connectivity index (χ0) is 11.5. The summed E-state index contributed by atoms with van der Waals surface area (Å²) in [5.74, 6) is -0.745. The summed E-state index contributed by atoms with van der Waals surface area (Å²) in [6, 6.07) is 4.67. The maximum Gasteiger partial charge on any atom is 0.240 e. The summed E-state index contributed by atoms with van der Waals surface area (Å²) < 4.78 is 38.1. The SMILES string of the molecule is CCNS(=O)(=O)c1cc(F)cc(C#N)c1. The first-order valence-electron chi connectivity index (χ1n) is 4.20. The molecule has 6 heteroatoms. The second kappa shape index (κ2) is 4.38. The van der Waals surface area contributed by atoms with Crippen molar-refractivity contribution in [2.75, 3.05) is 6.54 Å². The number of hydrogen-bond acceptors (Lipinski definition) is 3. The third kappa shape index (κ3) is 2.75. The molecule has 0 atom stereocenters. The molecule has 0 aliphatic rings. The van der Waals surface area contributed by atoms with Crippen molar-refractivity contribution >= 4 is 10.0 Å². The number of halogens is 1. The molecule has 15 heavy (non-hydrogen) atoms. The highest BCUT2D eigenvalue weighted by Crippen LogP contribution is 2.13. The van der Waals surface area contributed by atoms with Crippen LogP contribution in [0.25, 0.3) is 0 Å². The third-order valence-corrected chi connectivity index (χ3v) is 3.17. The number of rotatable bonds is 3. The first kappa shape index (κ1) is 11.6. The molecule has 0 aromatic heterocycles. The van der Waals surface area contributed by atoms with Crippen LogP contribution >= 0.6 is 0 Å². The van der Waals surface area contributed by atoms with Crippen LogP contribution in [0.5, 0.6) is 0 Å². The molecule has 1 aromatic carbocycles. The summed E-state index contributed by atoms with van der Waals surface area (Å²) in [4.78, 5) is -0.235. The lowest BCUT2D eigenvalue weighted by molar-refractivity contribution is 0.579. The molecule has 0 unspecified atom stereocenters. The van der Waals surface area contributed by atoms with E-state index in [4.69, 9.17) is 5.26 Å². The second-order valence-corrected chi connectivity index (χ2v) is 4.56. The van der Waals surface area contributed by atoms with Gasteiger partial charge in [0.2, 0.25) is 10.0 Å². The summed E-state index contributed by atoms with van der Waals surface area (Å²) in [5.41, 5.74) is -0.0218. The van der Waals surface area contributed by atoms with Gasteiger partial charge in [-0.1, -0.05) is 6.92 Å². The number of hydrogen-bond donors (Lipinski definition) is 1. The fourth-order valence-corrected chi connectivity index (χ4v) is 2.15. The summed E-state index contributed by atoms with van der Waals surface area (Å²) in [5, 5.41) is 8.55. The number of nitrogens with one attached hydrogen (secondary N) is 1. The highest BCUT2D eigenvalue weighted by atomic mass is 32.2. The largest absolute Gasteiger partial charge is 0.240 e. The summed E-state index contributed by atoms with van der Waals surface area (Å²) >= 11 is 0. The summed E-state index contributed by atoms with van der Waals surface area (Å²) in [6.07, 6.45) is 0. The molecule has 80 valence electrons. The molecule has 1 N–H and O–H groups in total. The van der Waals surface area contributed by atoms with Gasteiger partial charge in [-0.25, -0.2) is 17.5 Å². The topological polar surface area (TPSA) is 70.0 Å². The standard InChI is InChI=1S/C9H9FN2O2S/c1-2-12-15(13,14)9-4-7(6-11)3-8(10)5-9/h3-5,12H,2H2,1H3. The number of nitriles is 1. The molecule has 0 amide bonds. The van der Waals surface area contributed by atoms with Gasteiger partial charge in [0, 0.05) is 6.54 Å². The van der Waals surface area contributed by atoms with E-state index < -0.39 is 15.8 Å². The van der Waals surface area contributed by atoms with Gasteiger partial charge in [0.1, 0.15) is 5.82 Å². The average molecular weight is 228 g/mol. The molecule has 0 spiro atoms. The number of nitrogens with zero attached hydrogens (tertiary/aromatic N) is 1. The maximum atomic E-state index is 12.9. The average Bonchev–Trinajstić information content (AvgIpc) is 2.16. The van der Waals surface area contributed by atoms with Crippen LogP contribution in [-0.4, -0.2) is 15.0 Å². The smallest absolute Gasteiger partial charge is 0.211 e. The fraction of sp³-hybridized carbons (Fsp3) is 0.222. The molecular weight excluding hydrogens is 219 g/mol. The minimum Gasteiger partial charge on any atom is -0.211 e. The van der Waals surface area contributed by atoms with Gasteiger partial charge in [0.25, 0.3) is 0 Å². The Morgan fingerprint density at radius 3 is 2.67 bits per heavy atom. The molecule has 0 heterocycles. The summed E-state index contributed by atoms with van der Waals surface area (Å²) in [7, 11) is -3.71. The van der Waals surface area contributed by atoms with Crippen molar-refractivity contribution in [1.29, 1.82) is 5.26 Å².